The molecule has 18 heavy (non-hydrogen) atoms. The number of nitrogens with zero attached hydrogens (tertiary/aromatic N) is 2. The van der Waals surface area contributed by atoms with Crippen LogP contribution >= 0.6 is 11.3 Å². The Morgan fingerprint density at radius 3 is 3.11 bits per heavy atom. The Labute approximate surface area is 110 Å². The van der Waals surface area contributed by atoms with Crippen LogP contribution in [-0.2, 0) is 9.53 Å². The van der Waals surface area contributed by atoms with E-state index in [2.05, 4.69) is 15.5 Å². The van der Waals surface area contributed by atoms with Gasteiger partial charge in [-0.3, -0.25) is 10.1 Å². The lowest BCUT2D eigenvalue weighted by Gasteiger charge is -2.01. The molecule has 0 aromatic carbocycles. The maximum Gasteiger partial charge on any atom is 0.250 e. The first-order valence-electron chi connectivity index (χ1n) is 5.85. The van der Waals surface area contributed by atoms with Crippen LogP contribution in [0.5, 0.6) is 0 Å². The van der Waals surface area contributed by atoms with Crippen LogP contribution < -0.4 is 5.32 Å². The van der Waals surface area contributed by atoms with E-state index in [1.165, 1.54) is 17.4 Å². The van der Waals surface area contributed by atoms with Crippen LogP contribution in [0.25, 0.3) is 0 Å². The van der Waals surface area contributed by atoms with Crippen molar-refractivity contribution in [2.75, 3.05) is 11.9 Å². The van der Waals surface area contributed by atoms with Crippen molar-refractivity contribution in [1.29, 1.82) is 0 Å². The molecule has 1 saturated heterocycles. The minimum Gasteiger partial charge on any atom is -0.371 e. The van der Waals surface area contributed by atoms with Crippen LogP contribution in [0.15, 0.2) is 24.3 Å². The minimum absolute atomic E-state index is 0.0479. The molecule has 1 amide bonds. The lowest BCUT2D eigenvalue weighted by atomic mass is 10.2. The highest BCUT2D eigenvalue weighted by Gasteiger charge is 2.22. The third kappa shape index (κ3) is 3.48. The molecule has 2 rings (SSSR count). The Morgan fingerprint density at radius 2 is 2.39 bits per heavy atom. The Hall–Kier alpha value is -1.53. The number of carbonyl (C=O) groups is 1. The molecule has 1 aromatic rings. The summed E-state index contributed by atoms with van der Waals surface area (Å²) in [5.74, 6) is -0.205. The fraction of sp³-hybridized carbons (Fsp3) is 0.417. The molecular formula is C12H15N3O2S. The lowest BCUT2D eigenvalue weighted by Crippen LogP contribution is -2.07. The van der Waals surface area contributed by atoms with Crippen molar-refractivity contribution in [2.24, 2.45) is 0 Å². The van der Waals surface area contributed by atoms with Gasteiger partial charge in [0.05, 0.1) is 0 Å². The number of ether oxygens (including phenoxy) is 1. The summed E-state index contributed by atoms with van der Waals surface area (Å²) in [6.07, 6.45) is 8.85. The highest BCUT2D eigenvalue weighted by atomic mass is 32.1. The first-order chi connectivity index (χ1) is 8.79. The zero-order valence-corrected chi connectivity index (χ0v) is 10.9. The van der Waals surface area contributed by atoms with Gasteiger partial charge in [0.1, 0.15) is 11.1 Å². The van der Waals surface area contributed by atoms with Crippen LogP contribution in [0, 0.1) is 0 Å². The normalized spacial score (nSPS) is 19.9. The van der Waals surface area contributed by atoms with Gasteiger partial charge in [0.25, 0.3) is 0 Å². The summed E-state index contributed by atoms with van der Waals surface area (Å²) >= 11 is 1.37. The molecule has 1 unspecified atom stereocenters. The highest BCUT2D eigenvalue weighted by Crippen LogP contribution is 2.31. The van der Waals surface area contributed by atoms with Crippen LogP contribution in [0.2, 0.25) is 0 Å². The molecule has 0 bridgehead atoms. The predicted octanol–water partition coefficient (Wildman–Crippen LogP) is 2.46. The molecule has 1 atom stereocenters. The summed E-state index contributed by atoms with van der Waals surface area (Å²) in [5, 5.41) is 12.0. The van der Waals surface area contributed by atoms with E-state index in [0.717, 1.165) is 24.5 Å². The predicted molar refractivity (Wildman–Crippen MR) is 70.4 cm³/mol. The van der Waals surface area contributed by atoms with Gasteiger partial charge in [-0.2, -0.15) is 0 Å². The molecule has 5 nitrogen and oxygen atoms in total. The van der Waals surface area contributed by atoms with Crippen LogP contribution in [-0.4, -0.2) is 22.7 Å². The molecule has 1 fully saturated rings. The van der Waals surface area contributed by atoms with Crippen molar-refractivity contribution in [3.8, 4) is 0 Å². The van der Waals surface area contributed by atoms with E-state index in [1.807, 2.05) is 13.0 Å². The zero-order valence-electron chi connectivity index (χ0n) is 10.1. The third-order valence-electron chi connectivity index (χ3n) is 2.43. The van der Waals surface area contributed by atoms with Crippen molar-refractivity contribution < 1.29 is 9.53 Å². The molecule has 2 heterocycles. The quantitative estimate of drug-likeness (QED) is 0.671. The number of nitrogens with one attached hydrogen (secondary N) is 1. The fourth-order valence-electron chi connectivity index (χ4n) is 1.59. The van der Waals surface area contributed by atoms with E-state index in [-0.39, 0.29) is 12.0 Å². The summed E-state index contributed by atoms with van der Waals surface area (Å²) in [4.78, 5) is 11.5. The van der Waals surface area contributed by atoms with Gasteiger partial charge >= 0.3 is 0 Å². The minimum atomic E-state index is -0.205. The molecule has 1 aromatic heterocycles. The highest BCUT2D eigenvalue weighted by molar-refractivity contribution is 7.15. The number of anilines is 1. The van der Waals surface area contributed by atoms with E-state index in [9.17, 15) is 4.79 Å². The van der Waals surface area contributed by atoms with Crippen molar-refractivity contribution in [3.63, 3.8) is 0 Å². The van der Waals surface area contributed by atoms with Crippen molar-refractivity contribution in [2.45, 2.75) is 25.9 Å². The van der Waals surface area contributed by atoms with E-state index in [1.54, 1.807) is 12.2 Å². The van der Waals surface area contributed by atoms with Gasteiger partial charge in [0.2, 0.25) is 11.0 Å². The van der Waals surface area contributed by atoms with Gasteiger partial charge in [0, 0.05) is 12.7 Å². The monoisotopic (exact) mass is 265 g/mol. The van der Waals surface area contributed by atoms with Crippen LogP contribution in [0.1, 0.15) is 30.9 Å². The van der Waals surface area contributed by atoms with Crippen molar-refractivity contribution in [1.82, 2.24) is 10.2 Å². The summed E-state index contributed by atoms with van der Waals surface area (Å²) in [6, 6.07) is 0. The van der Waals surface area contributed by atoms with E-state index < -0.39 is 0 Å². The number of hydrogen-bond donors (Lipinski definition) is 1. The number of carbonyl (C=O) groups excluding carboxylic acids is 1. The summed E-state index contributed by atoms with van der Waals surface area (Å²) < 4.78 is 5.51. The number of allylic oxidation sites excluding steroid dienone is 3. The second-order valence-electron chi connectivity index (χ2n) is 3.82. The third-order valence-corrected chi connectivity index (χ3v) is 3.36. The van der Waals surface area contributed by atoms with E-state index in [4.69, 9.17) is 4.74 Å². The van der Waals surface area contributed by atoms with Gasteiger partial charge in [-0.15, -0.1) is 10.2 Å². The Kier molecular flexibility index (Phi) is 4.60. The molecule has 1 aliphatic heterocycles. The van der Waals surface area contributed by atoms with Crippen molar-refractivity contribution in [3.05, 3.63) is 29.3 Å². The van der Waals surface area contributed by atoms with Gasteiger partial charge < -0.3 is 4.74 Å². The molecular weight excluding hydrogens is 250 g/mol. The molecule has 6 heteroatoms. The smallest absolute Gasteiger partial charge is 0.250 e. The van der Waals surface area contributed by atoms with E-state index in [0.29, 0.717) is 5.13 Å². The molecule has 0 radical (unpaired) electrons. The number of hydrogen-bond acceptors (Lipinski definition) is 5. The average molecular weight is 265 g/mol. The van der Waals surface area contributed by atoms with Crippen LogP contribution in [0.3, 0.4) is 0 Å². The van der Waals surface area contributed by atoms with E-state index >= 15 is 0 Å². The fourth-order valence-corrected chi connectivity index (χ4v) is 2.42. The molecule has 96 valence electrons. The molecule has 1 N–H and O–H groups in total. The topological polar surface area (TPSA) is 64.1 Å². The zero-order chi connectivity index (χ0) is 12.8. The maximum atomic E-state index is 11.5. The van der Waals surface area contributed by atoms with Gasteiger partial charge in [-0.05, 0) is 19.8 Å². The Bertz CT molecular complexity index is 462. The molecule has 0 spiro atoms. The number of rotatable bonds is 4. The van der Waals surface area contributed by atoms with Crippen LogP contribution in [0.4, 0.5) is 5.13 Å². The summed E-state index contributed by atoms with van der Waals surface area (Å²) in [7, 11) is 0. The second-order valence-corrected chi connectivity index (χ2v) is 4.83. The largest absolute Gasteiger partial charge is 0.371 e. The molecule has 1 aliphatic rings. The SMILES string of the molecule is C/C=C/C=C/C(=O)Nc1nnc(C2CCCO2)s1. The Balaban J connectivity index is 1.91. The van der Waals surface area contributed by atoms with Gasteiger partial charge in [-0.25, -0.2) is 0 Å². The number of amides is 1. The maximum absolute atomic E-state index is 11.5. The van der Waals surface area contributed by atoms with Crippen molar-refractivity contribution >= 4 is 22.4 Å². The average Bonchev–Trinajstić information content (AvgIpc) is 2.98. The molecule has 0 aliphatic carbocycles. The van der Waals surface area contributed by atoms with Gasteiger partial charge in [0.15, 0.2) is 0 Å². The molecule has 0 saturated carbocycles. The first-order valence-corrected chi connectivity index (χ1v) is 6.66. The lowest BCUT2D eigenvalue weighted by molar-refractivity contribution is -0.111. The Morgan fingerprint density at radius 1 is 1.50 bits per heavy atom. The summed E-state index contributed by atoms with van der Waals surface area (Å²) in [5.41, 5.74) is 0. The summed E-state index contributed by atoms with van der Waals surface area (Å²) in [6.45, 7) is 2.67. The second kappa shape index (κ2) is 6.42. The standard InChI is InChI=1S/C12H15N3O2S/c1-2-3-4-7-10(16)13-12-15-14-11(18-12)9-6-5-8-17-9/h2-4,7,9H,5-6,8H2,1H3,(H,13,15,16)/b3-2+,7-4+. The van der Waals surface area contributed by atoms with Gasteiger partial charge in [-0.1, -0.05) is 29.6 Å². The number of aromatic nitrogens is 2. The first kappa shape index (κ1) is 12.9.